The van der Waals surface area contributed by atoms with E-state index in [9.17, 15) is 0 Å². The van der Waals surface area contributed by atoms with E-state index in [0.29, 0.717) is 6.42 Å². The molecule has 0 heterocycles. The predicted molar refractivity (Wildman–Crippen MR) is 59.3 cm³/mol. The number of hydrogen-bond donors (Lipinski definition) is 1. The van der Waals surface area contributed by atoms with E-state index in [1.165, 1.54) is 0 Å². The zero-order valence-electron chi connectivity index (χ0n) is 7.92. The zero-order chi connectivity index (χ0) is 9.84. The van der Waals surface area contributed by atoms with E-state index in [4.69, 9.17) is 5.11 Å². The van der Waals surface area contributed by atoms with Crippen LogP contribution in [0.1, 0.15) is 5.56 Å². The van der Waals surface area contributed by atoms with Gasteiger partial charge in [0.15, 0.2) is 0 Å². The molecule has 0 fully saturated rings. The normalized spacial score (nSPS) is 10.2. The Hall–Kier alpha value is -0.540. The maximum Gasteiger partial charge on any atom is 0.0505 e. The lowest BCUT2D eigenvalue weighted by Crippen LogP contribution is -2.09. The maximum absolute atomic E-state index is 8.76. The molecular formula is C10H14BrNO. The Balaban J connectivity index is 2.92. The summed E-state index contributed by atoms with van der Waals surface area (Å²) < 4.78 is 1.07. The van der Waals surface area contributed by atoms with E-state index in [-0.39, 0.29) is 6.61 Å². The Morgan fingerprint density at radius 1 is 1.38 bits per heavy atom. The third-order valence-electron chi connectivity index (χ3n) is 1.89. The Bertz CT molecular complexity index is 286. The molecule has 0 saturated heterocycles. The second kappa shape index (κ2) is 4.63. The lowest BCUT2D eigenvalue weighted by atomic mass is 10.1. The highest BCUT2D eigenvalue weighted by atomic mass is 79.9. The van der Waals surface area contributed by atoms with E-state index in [1.54, 1.807) is 0 Å². The van der Waals surface area contributed by atoms with Gasteiger partial charge in [0.05, 0.1) is 5.69 Å². The van der Waals surface area contributed by atoms with Crippen molar-refractivity contribution in [3.8, 4) is 0 Å². The Morgan fingerprint density at radius 2 is 2.08 bits per heavy atom. The standard InChI is InChI=1S/C10H14BrNO/c1-12(2)10-4-3-8(5-6-13)7-9(10)11/h3-4,7,13H,5-6H2,1-2H3. The first-order valence-electron chi connectivity index (χ1n) is 4.21. The minimum absolute atomic E-state index is 0.202. The quantitative estimate of drug-likeness (QED) is 0.879. The molecule has 0 aliphatic rings. The predicted octanol–water partition coefficient (Wildman–Crippen LogP) is 2.05. The number of aliphatic hydroxyl groups is 1. The van der Waals surface area contributed by atoms with Crippen molar-refractivity contribution in [2.45, 2.75) is 6.42 Å². The van der Waals surface area contributed by atoms with Crippen molar-refractivity contribution in [3.63, 3.8) is 0 Å². The molecule has 13 heavy (non-hydrogen) atoms. The molecule has 1 rings (SSSR count). The number of nitrogens with zero attached hydrogens (tertiary/aromatic N) is 1. The zero-order valence-corrected chi connectivity index (χ0v) is 9.50. The summed E-state index contributed by atoms with van der Waals surface area (Å²) >= 11 is 3.49. The van der Waals surface area contributed by atoms with Crippen LogP contribution in [0, 0.1) is 0 Å². The van der Waals surface area contributed by atoms with Gasteiger partial charge in [-0.2, -0.15) is 0 Å². The molecule has 1 aromatic rings. The van der Waals surface area contributed by atoms with Gasteiger partial charge in [-0.25, -0.2) is 0 Å². The smallest absolute Gasteiger partial charge is 0.0505 e. The molecule has 0 aliphatic carbocycles. The first kappa shape index (κ1) is 10.5. The van der Waals surface area contributed by atoms with Crippen LogP contribution >= 0.6 is 15.9 Å². The summed E-state index contributed by atoms with van der Waals surface area (Å²) in [7, 11) is 4.01. The van der Waals surface area contributed by atoms with E-state index in [2.05, 4.69) is 22.0 Å². The van der Waals surface area contributed by atoms with Crippen LogP contribution in [0.3, 0.4) is 0 Å². The van der Waals surface area contributed by atoms with Gasteiger partial charge in [-0.1, -0.05) is 6.07 Å². The largest absolute Gasteiger partial charge is 0.396 e. The van der Waals surface area contributed by atoms with Crippen molar-refractivity contribution in [3.05, 3.63) is 28.2 Å². The highest BCUT2D eigenvalue weighted by molar-refractivity contribution is 9.10. The Kier molecular flexibility index (Phi) is 3.75. The van der Waals surface area contributed by atoms with Crippen LogP contribution in [0.5, 0.6) is 0 Å². The van der Waals surface area contributed by atoms with E-state index in [0.717, 1.165) is 15.7 Å². The van der Waals surface area contributed by atoms with Crippen LogP contribution in [-0.4, -0.2) is 25.8 Å². The van der Waals surface area contributed by atoms with Crippen LogP contribution < -0.4 is 4.90 Å². The molecule has 0 spiro atoms. The van der Waals surface area contributed by atoms with Gasteiger partial charge in [0, 0.05) is 25.2 Å². The minimum atomic E-state index is 0.202. The molecule has 2 nitrogen and oxygen atoms in total. The highest BCUT2D eigenvalue weighted by Gasteiger charge is 2.02. The summed E-state index contributed by atoms with van der Waals surface area (Å²) in [6.07, 6.45) is 0.715. The molecule has 1 aromatic carbocycles. The highest BCUT2D eigenvalue weighted by Crippen LogP contribution is 2.25. The van der Waals surface area contributed by atoms with Crippen molar-refractivity contribution in [2.75, 3.05) is 25.6 Å². The van der Waals surface area contributed by atoms with Crippen LogP contribution in [0.4, 0.5) is 5.69 Å². The summed E-state index contributed by atoms with van der Waals surface area (Å²) in [4.78, 5) is 2.05. The second-order valence-electron chi connectivity index (χ2n) is 3.15. The number of aliphatic hydroxyl groups excluding tert-OH is 1. The minimum Gasteiger partial charge on any atom is -0.396 e. The molecule has 0 radical (unpaired) electrons. The third-order valence-corrected chi connectivity index (χ3v) is 2.53. The van der Waals surface area contributed by atoms with Gasteiger partial charge in [0.25, 0.3) is 0 Å². The number of benzene rings is 1. The monoisotopic (exact) mass is 243 g/mol. The molecular weight excluding hydrogens is 230 g/mol. The fraction of sp³-hybridized carbons (Fsp3) is 0.400. The fourth-order valence-corrected chi connectivity index (χ4v) is 1.98. The SMILES string of the molecule is CN(C)c1ccc(CCO)cc1Br. The van der Waals surface area contributed by atoms with E-state index >= 15 is 0 Å². The van der Waals surface area contributed by atoms with Gasteiger partial charge >= 0.3 is 0 Å². The summed E-state index contributed by atoms with van der Waals surface area (Å²) in [5.74, 6) is 0. The topological polar surface area (TPSA) is 23.5 Å². The number of rotatable bonds is 3. The lowest BCUT2D eigenvalue weighted by Gasteiger charge is -2.15. The molecule has 72 valence electrons. The number of hydrogen-bond acceptors (Lipinski definition) is 2. The number of halogens is 1. The van der Waals surface area contributed by atoms with Gasteiger partial charge in [0.2, 0.25) is 0 Å². The van der Waals surface area contributed by atoms with Crippen LogP contribution in [0.2, 0.25) is 0 Å². The molecule has 0 atom stereocenters. The average Bonchev–Trinajstić information content (AvgIpc) is 2.04. The van der Waals surface area contributed by atoms with Gasteiger partial charge in [-0.3, -0.25) is 0 Å². The van der Waals surface area contributed by atoms with E-state index in [1.807, 2.05) is 31.1 Å². The van der Waals surface area contributed by atoms with Gasteiger partial charge in [-0.15, -0.1) is 0 Å². The summed E-state index contributed by atoms with van der Waals surface area (Å²) in [6, 6.07) is 6.14. The summed E-state index contributed by atoms with van der Waals surface area (Å²) in [5, 5.41) is 8.76. The van der Waals surface area contributed by atoms with Crippen LogP contribution in [0.15, 0.2) is 22.7 Å². The van der Waals surface area contributed by atoms with Crippen molar-refractivity contribution in [1.29, 1.82) is 0 Å². The van der Waals surface area contributed by atoms with Crippen LogP contribution in [-0.2, 0) is 6.42 Å². The summed E-state index contributed by atoms with van der Waals surface area (Å²) in [5.41, 5.74) is 2.31. The third kappa shape index (κ3) is 2.71. The molecule has 0 aromatic heterocycles. The van der Waals surface area contributed by atoms with Crippen LogP contribution in [0.25, 0.3) is 0 Å². The summed E-state index contributed by atoms with van der Waals surface area (Å²) in [6.45, 7) is 0.202. The maximum atomic E-state index is 8.76. The molecule has 0 bridgehead atoms. The number of anilines is 1. The first-order valence-corrected chi connectivity index (χ1v) is 5.01. The van der Waals surface area contributed by atoms with Crippen molar-refractivity contribution in [2.24, 2.45) is 0 Å². The van der Waals surface area contributed by atoms with Crippen molar-refractivity contribution >= 4 is 21.6 Å². The van der Waals surface area contributed by atoms with Crippen molar-refractivity contribution in [1.82, 2.24) is 0 Å². The molecule has 0 saturated carbocycles. The molecule has 0 unspecified atom stereocenters. The van der Waals surface area contributed by atoms with Gasteiger partial charge in [-0.05, 0) is 40.0 Å². The average molecular weight is 244 g/mol. The molecule has 3 heteroatoms. The van der Waals surface area contributed by atoms with Crippen molar-refractivity contribution < 1.29 is 5.11 Å². The van der Waals surface area contributed by atoms with Gasteiger partial charge < -0.3 is 10.0 Å². The molecule has 0 aliphatic heterocycles. The molecule has 1 N–H and O–H groups in total. The van der Waals surface area contributed by atoms with E-state index < -0.39 is 0 Å². The fourth-order valence-electron chi connectivity index (χ4n) is 1.20. The Labute approximate surface area is 87.3 Å². The lowest BCUT2D eigenvalue weighted by molar-refractivity contribution is 0.299. The first-order chi connectivity index (χ1) is 6.15. The van der Waals surface area contributed by atoms with Gasteiger partial charge in [0.1, 0.15) is 0 Å². The molecule has 0 amide bonds. The second-order valence-corrected chi connectivity index (χ2v) is 4.01. The Morgan fingerprint density at radius 3 is 2.54 bits per heavy atom.